The van der Waals surface area contributed by atoms with E-state index in [4.69, 9.17) is 40.8 Å². The second-order valence-corrected chi connectivity index (χ2v) is 8.91. The lowest BCUT2D eigenvalue weighted by Crippen LogP contribution is -2.48. The third-order valence-electron chi connectivity index (χ3n) is 5.70. The average Bonchev–Trinajstić information content (AvgIpc) is 2.86. The van der Waals surface area contributed by atoms with E-state index in [1.54, 1.807) is 25.3 Å². The van der Waals surface area contributed by atoms with E-state index in [1.165, 1.54) is 11.6 Å². The molecule has 0 amide bonds. The number of hydrogen-bond acceptors (Lipinski definition) is 7. The van der Waals surface area contributed by atoms with E-state index >= 15 is 0 Å². The largest absolute Gasteiger partial charge is 0.503 e. The Morgan fingerprint density at radius 2 is 1.65 bits per heavy atom. The molecule has 2 aromatic carbocycles. The lowest BCUT2D eigenvalue weighted by molar-refractivity contribution is -0.170. The van der Waals surface area contributed by atoms with Crippen LogP contribution in [0.15, 0.2) is 54.6 Å². The van der Waals surface area contributed by atoms with E-state index in [0.29, 0.717) is 19.4 Å². The van der Waals surface area contributed by atoms with Crippen LogP contribution in [0, 0.1) is 0 Å². The normalized spacial score (nSPS) is 21.1. The van der Waals surface area contributed by atoms with Crippen molar-refractivity contribution in [2.24, 2.45) is 0 Å². The minimum atomic E-state index is -1.83. The van der Waals surface area contributed by atoms with Gasteiger partial charge in [0.05, 0.1) is 19.3 Å². The summed E-state index contributed by atoms with van der Waals surface area (Å²) in [7, 11) is 1.59. The zero-order chi connectivity index (χ0) is 27.2. The van der Waals surface area contributed by atoms with E-state index in [0.717, 1.165) is 35.6 Å². The summed E-state index contributed by atoms with van der Waals surface area (Å²) in [6, 6.07) is 15.0. The number of carbonyl (C=O) groups is 2. The van der Waals surface area contributed by atoms with Gasteiger partial charge in [-0.1, -0.05) is 35.9 Å². The average molecular weight is 537 g/mol. The van der Waals surface area contributed by atoms with Crippen LogP contribution in [-0.4, -0.2) is 70.7 Å². The van der Waals surface area contributed by atoms with Crippen LogP contribution < -0.4 is 4.74 Å². The maximum Gasteiger partial charge on any atom is 0.503 e. The first-order valence-electron chi connectivity index (χ1n) is 11.8. The highest BCUT2D eigenvalue weighted by Crippen LogP contribution is 2.25. The highest BCUT2D eigenvalue weighted by molar-refractivity contribution is 6.30. The number of rotatable bonds is 10. The number of methoxy groups -OCH3 is 1. The van der Waals surface area contributed by atoms with Gasteiger partial charge in [0, 0.05) is 30.5 Å². The first kappa shape index (κ1) is 30.1. The molecule has 0 radical (unpaired) electrons. The maximum absolute atomic E-state index is 12.2. The molecular weight excluding hydrogens is 504 g/mol. The summed E-state index contributed by atoms with van der Waals surface area (Å²) in [6.07, 6.45) is 1.31. The highest BCUT2D eigenvalue weighted by atomic mass is 35.5. The van der Waals surface area contributed by atoms with Crippen molar-refractivity contribution < 1.29 is 44.2 Å². The second-order valence-electron chi connectivity index (χ2n) is 8.47. The van der Waals surface area contributed by atoms with E-state index < -0.39 is 30.4 Å². The van der Waals surface area contributed by atoms with Crippen LogP contribution in [0.25, 0.3) is 6.08 Å². The summed E-state index contributed by atoms with van der Waals surface area (Å²) in [5.74, 6) is 0.149. The highest BCUT2D eigenvalue weighted by Gasteiger charge is 2.38. The van der Waals surface area contributed by atoms with Gasteiger partial charge in [-0.25, -0.2) is 9.59 Å². The number of aliphatic hydroxyl groups is 2. The zero-order valence-electron chi connectivity index (χ0n) is 20.5. The van der Waals surface area contributed by atoms with Crippen molar-refractivity contribution in [1.82, 2.24) is 0 Å². The minimum absolute atomic E-state index is 0.276. The smallest absolute Gasteiger partial charge is 0.497 e. The van der Waals surface area contributed by atoms with Gasteiger partial charge >= 0.3 is 12.1 Å². The number of unbranched alkanes of at least 4 members (excludes halogenated alkanes) is 1. The Morgan fingerprint density at radius 3 is 2.27 bits per heavy atom. The van der Waals surface area contributed by atoms with Gasteiger partial charge in [-0.15, -0.1) is 0 Å². The first-order chi connectivity index (χ1) is 17.7. The number of esters is 1. The molecule has 1 aliphatic carbocycles. The van der Waals surface area contributed by atoms with Gasteiger partial charge in [-0.2, -0.15) is 0 Å². The molecule has 1 aliphatic rings. The summed E-state index contributed by atoms with van der Waals surface area (Å²) in [5.41, 5.74) is 2.04. The molecule has 3 rings (SSSR count). The van der Waals surface area contributed by atoms with Gasteiger partial charge < -0.3 is 34.6 Å². The lowest BCUT2D eigenvalue weighted by Gasteiger charge is -2.36. The topological polar surface area (TPSA) is 143 Å². The molecule has 2 aromatic rings. The van der Waals surface area contributed by atoms with Gasteiger partial charge in [0.15, 0.2) is 0 Å². The molecule has 9 nitrogen and oxygen atoms in total. The number of hydrogen-bond donors (Lipinski definition) is 4. The van der Waals surface area contributed by atoms with E-state index in [2.05, 4.69) is 0 Å². The quantitative estimate of drug-likeness (QED) is 0.197. The third-order valence-corrected chi connectivity index (χ3v) is 5.95. The van der Waals surface area contributed by atoms with Crippen LogP contribution in [-0.2, 0) is 20.7 Å². The minimum Gasteiger partial charge on any atom is -0.497 e. The molecular formula is C27H33ClO9. The van der Waals surface area contributed by atoms with Crippen molar-refractivity contribution in [1.29, 1.82) is 0 Å². The predicted molar refractivity (Wildman–Crippen MR) is 138 cm³/mol. The molecule has 202 valence electrons. The lowest BCUT2D eigenvalue weighted by atomic mass is 9.89. The zero-order valence-corrected chi connectivity index (χ0v) is 21.3. The van der Waals surface area contributed by atoms with Crippen LogP contribution in [0.2, 0.25) is 5.02 Å². The molecule has 0 heterocycles. The van der Waals surface area contributed by atoms with Crippen molar-refractivity contribution in [2.75, 3.05) is 13.7 Å². The van der Waals surface area contributed by atoms with Crippen molar-refractivity contribution in [3.63, 3.8) is 0 Å². The predicted octanol–water partition coefficient (Wildman–Crippen LogP) is 4.42. The Labute approximate surface area is 220 Å². The number of carbonyl (C=O) groups excluding carboxylic acids is 1. The fraction of sp³-hybridized carbons (Fsp3) is 0.407. The number of benzene rings is 2. The molecule has 0 unspecified atom stereocenters. The number of halogens is 1. The van der Waals surface area contributed by atoms with Crippen molar-refractivity contribution in [3.05, 3.63) is 70.8 Å². The molecule has 10 heteroatoms. The number of ether oxygens (including phenoxy) is 3. The molecule has 1 fully saturated rings. The third kappa shape index (κ3) is 11.7. The summed E-state index contributed by atoms with van der Waals surface area (Å²) >= 11 is 5.91. The molecule has 0 aliphatic heterocycles. The molecule has 4 atom stereocenters. The van der Waals surface area contributed by atoms with Crippen LogP contribution >= 0.6 is 11.6 Å². The first-order valence-corrected chi connectivity index (χ1v) is 12.2. The fourth-order valence-electron chi connectivity index (χ4n) is 3.81. The summed E-state index contributed by atoms with van der Waals surface area (Å²) in [6.45, 7) is 0.541. The number of carboxylic acid groups (broad SMARTS) is 2. The molecule has 0 saturated heterocycles. The summed E-state index contributed by atoms with van der Waals surface area (Å²) in [4.78, 5) is 20.8. The molecule has 0 bridgehead atoms. The van der Waals surface area contributed by atoms with Crippen LogP contribution in [0.5, 0.6) is 5.75 Å². The second kappa shape index (κ2) is 15.9. The molecule has 37 heavy (non-hydrogen) atoms. The molecule has 1 saturated carbocycles. The maximum atomic E-state index is 12.2. The molecule has 0 spiro atoms. The Hall–Kier alpha value is -3.11. The van der Waals surface area contributed by atoms with Crippen molar-refractivity contribution in [2.45, 2.75) is 56.5 Å². The SMILES string of the molecule is COc1ccc(/C=C/C(=O)O[C@@H]2C[C@@H](OCCCCc3ccc(Cl)cc3)C[C@H](O)[C@H]2O)cc1.O=C(O)O. The van der Waals surface area contributed by atoms with Crippen LogP contribution in [0.3, 0.4) is 0 Å². The fourth-order valence-corrected chi connectivity index (χ4v) is 3.93. The molecule has 0 aromatic heterocycles. The monoisotopic (exact) mass is 536 g/mol. The van der Waals surface area contributed by atoms with E-state index in [1.807, 2.05) is 36.4 Å². The van der Waals surface area contributed by atoms with Gasteiger partial charge in [-0.05, 0) is 60.7 Å². The Kier molecular flexibility index (Phi) is 12.9. The van der Waals surface area contributed by atoms with Crippen LogP contribution in [0.4, 0.5) is 4.79 Å². The Bertz CT molecular complexity index is 988. The van der Waals surface area contributed by atoms with Gasteiger partial charge in [0.1, 0.15) is 18.0 Å². The summed E-state index contributed by atoms with van der Waals surface area (Å²) < 4.78 is 16.4. The summed E-state index contributed by atoms with van der Waals surface area (Å²) in [5, 5.41) is 35.1. The van der Waals surface area contributed by atoms with Crippen molar-refractivity contribution in [3.8, 4) is 5.75 Å². The Balaban J connectivity index is 0.00000112. The van der Waals surface area contributed by atoms with Gasteiger partial charge in [-0.3, -0.25) is 0 Å². The molecule has 4 N–H and O–H groups in total. The Morgan fingerprint density at radius 1 is 1.00 bits per heavy atom. The standard InChI is InChI=1S/C26H31ClO6.CH2O3/c1-31-21-12-7-19(8-13-21)9-14-25(29)33-24-17-22(16-23(28)26(24)30)32-15-3-2-4-18-5-10-20(27)11-6-18;2-1(3)4/h5-14,22-24,26,28,30H,2-4,15-17H2,1H3;(H2,2,3,4)/b14-9+;/t22-,23-,24+,26+;/m0./s1. The van der Waals surface area contributed by atoms with E-state index in [9.17, 15) is 15.0 Å². The number of aryl methyl sites for hydroxylation is 1. The van der Waals surface area contributed by atoms with Crippen molar-refractivity contribution >= 4 is 29.8 Å². The van der Waals surface area contributed by atoms with Crippen LogP contribution in [0.1, 0.15) is 36.8 Å². The number of aliphatic hydroxyl groups excluding tert-OH is 2. The van der Waals surface area contributed by atoms with Gasteiger partial charge in [0.2, 0.25) is 0 Å². The van der Waals surface area contributed by atoms with Gasteiger partial charge in [0.25, 0.3) is 0 Å². The van der Waals surface area contributed by atoms with E-state index in [-0.39, 0.29) is 6.10 Å².